The summed E-state index contributed by atoms with van der Waals surface area (Å²) in [6.07, 6.45) is 6.95. The maximum absolute atomic E-state index is 3.46. The Balaban J connectivity index is 2.87. The second-order valence-electron chi connectivity index (χ2n) is 4.70. The molecule has 0 saturated carbocycles. The third-order valence-electron chi connectivity index (χ3n) is 2.61. The molecule has 0 amide bonds. The Kier molecular flexibility index (Phi) is 11.9. The highest BCUT2D eigenvalue weighted by molar-refractivity contribution is 4.52. The van der Waals surface area contributed by atoms with Crippen LogP contribution in [-0.2, 0) is 0 Å². The van der Waals surface area contributed by atoms with Crippen molar-refractivity contribution >= 4 is 0 Å². The summed E-state index contributed by atoms with van der Waals surface area (Å²) in [4.78, 5) is 0. The van der Waals surface area contributed by atoms with Crippen molar-refractivity contribution in [3.05, 3.63) is 0 Å². The van der Waals surface area contributed by atoms with Crippen LogP contribution in [0.4, 0.5) is 0 Å². The van der Waals surface area contributed by atoms with Gasteiger partial charge in [-0.15, -0.1) is 0 Å². The van der Waals surface area contributed by atoms with E-state index in [0.29, 0.717) is 0 Å². The zero-order valence-electron chi connectivity index (χ0n) is 10.9. The molecule has 2 nitrogen and oxygen atoms in total. The van der Waals surface area contributed by atoms with E-state index >= 15 is 0 Å². The Bertz CT molecular complexity index is 113. The van der Waals surface area contributed by atoms with Gasteiger partial charge in [0.1, 0.15) is 0 Å². The van der Waals surface area contributed by atoms with Crippen LogP contribution in [0.1, 0.15) is 52.9 Å². The topological polar surface area (TPSA) is 24.1 Å². The van der Waals surface area contributed by atoms with Gasteiger partial charge < -0.3 is 10.6 Å². The number of rotatable bonds is 11. The fourth-order valence-electron chi connectivity index (χ4n) is 1.63. The van der Waals surface area contributed by atoms with E-state index in [0.717, 1.165) is 25.6 Å². The normalized spacial score (nSPS) is 11.2. The second-order valence-corrected chi connectivity index (χ2v) is 4.70. The molecule has 92 valence electrons. The van der Waals surface area contributed by atoms with Crippen molar-refractivity contribution in [2.24, 2.45) is 5.92 Å². The summed E-state index contributed by atoms with van der Waals surface area (Å²) in [5.41, 5.74) is 0. The molecule has 0 fully saturated rings. The van der Waals surface area contributed by atoms with Crippen LogP contribution in [0.5, 0.6) is 0 Å². The fourth-order valence-corrected chi connectivity index (χ4v) is 1.63. The van der Waals surface area contributed by atoms with Crippen molar-refractivity contribution in [3.63, 3.8) is 0 Å². The summed E-state index contributed by atoms with van der Waals surface area (Å²) in [6, 6.07) is 0. The molecule has 0 aliphatic rings. The molecule has 0 aliphatic heterocycles. The highest BCUT2D eigenvalue weighted by Gasteiger charge is 1.94. The summed E-state index contributed by atoms with van der Waals surface area (Å²) < 4.78 is 0. The summed E-state index contributed by atoms with van der Waals surface area (Å²) in [7, 11) is 0. The quantitative estimate of drug-likeness (QED) is 0.517. The van der Waals surface area contributed by atoms with E-state index in [1.54, 1.807) is 0 Å². The molecule has 0 bridgehead atoms. The molecule has 2 N–H and O–H groups in total. The van der Waals surface area contributed by atoms with E-state index < -0.39 is 0 Å². The maximum Gasteiger partial charge on any atom is 0.00767 e. The van der Waals surface area contributed by atoms with Gasteiger partial charge in [-0.25, -0.2) is 0 Å². The minimum atomic E-state index is 0.878. The third-order valence-corrected chi connectivity index (χ3v) is 2.61. The average molecular weight is 214 g/mol. The molecule has 0 aromatic carbocycles. The number of unbranched alkanes of at least 4 members (excludes halogenated alkanes) is 3. The van der Waals surface area contributed by atoms with Crippen LogP contribution >= 0.6 is 0 Å². The van der Waals surface area contributed by atoms with Crippen LogP contribution in [0.3, 0.4) is 0 Å². The largest absolute Gasteiger partial charge is 0.316 e. The number of hydrogen-bond acceptors (Lipinski definition) is 2. The van der Waals surface area contributed by atoms with E-state index in [1.165, 1.54) is 38.6 Å². The summed E-state index contributed by atoms with van der Waals surface area (Å²) >= 11 is 0. The average Bonchev–Trinajstić information content (AvgIpc) is 2.20. The van der Waals surface area contributed by atoms with E-state index in [1.807, 2.05) is 0 Å². The van der Waals surface area contributed by atoms with Crippen LogP contribution in [-0.4, -0.2) is 26.2 Å². The number of hydrogen-bond donors (Lipinski definition) is 2. The molecular weight excluding hydrogens is 184 g/mol. The van der Waals surface area contributed by atoms with E-state index in [9.17, 15) is 0 Å². The van der Waals surface area contributed by atoms with Gasteiger partial charge in [0.25, 0.3) is 0 Å². The van der Waals surface area contributed by atoms with Gasteiger partial charge in [-0.1, -0.05) is 46.5 Å². The molecule has 0 aromatic rings. The van der Waals surface area contributed by atoms with E-state index in [4.69, 9.17) is 0 Å². The zero-order chi connectivity index (χ0) is 11.4. The Hall–Kier alpha value is -0.0800. The van der Waals surface area contributed by atoms with Gasteiger partial charge in [0.05, 0.1) is 0 Å². The van der Waals surface area contributed by atoms with Crippen LogP contribution < -0.4 is 10.6 Å². The monoisotopic (exact) mass is 214 g/mol. The van der Waals surface area contributed by atoms with Gasteiger partial charge in [-0.3, -0.25) is 0 Å². The van der Waals surface area contributed by atoms with Gasteiger partial charge in [-0.2, -0.15) is 0 Å². The molecule has 0 aliphatic carbocycles. The van der Waals surface area contributed by atoms with Crippen molar-refractivity contribution in [2.45, 2.75) is 52.9 Å². The molecule has 0 saturated heterocycles. The molecule has 0 heterocycles. The van der Waals surface area contributed by atoms with Crippen molar-refractivity contribution in [2.75, 3.05) is 26.2 Å². The lowest BCUT2D eigenvalue weighted by molar-refractivity contribution is 0.511. The van der Waals surface area contributed by atoms with Crippen molar-refractivity contribution in [1.29, 1.82) is 0 Å². The van der Waals surface area contributed by atoms with Crippen LogP contribution in [0, 0.1) is 5.92 Å². The highest BCUT2D eigenvalue weighted by Crippen LogP contribution is 2.08. The molecule has 0 atom stereocenters. The molecule has 0 radical (unpaired) electrons. The molecular formula is C13H30N2. The lowest BCUT2D eigenvalue weighted by atomic mass is 10.0. The van der Waals surface area contributed by atoms with Gasteiger partial charge in [0.2, 0.25) is 0 Å². The lowest BCUT2D eigenvalue weighted by Crippen LogP contribution is -2.27. The second kappa shape index (κ2) is 12.0. The SMILES string of the molecule is CCNCCNCCCCCCC(C)C. The summed E-state index contributed by atoms with van der Waals surface area (Å²) in [6.45, 7) is 11.2. The van der Waals surface area contributed by atoms with Gasteiger partial charge in [0.15, 0.2) is 0 Å². The number of likely N-dealkylation sites (N-methyl/N-ethyl adjacent to an activating group) is 1. The predicted octanol–water partition coefficient (Wildman–Crippen LogP) is 2.79. The third kappa shape index (κ3) is 13.9. The molecule has 0 unspecified atom stereocenters. The zero-order valence-corrected chi connectivity index (χ0v) is 10.9. The first-order valence-corrected chi connectivity index (χ1v) is 6.68. The van der Waals surface area contributed by atoms with E-state index in [2.05, 4.69) is 31.4 Å². The van der Waals surface area contributed by atoms with Crippen molar-refractivity contribution in [3.8, 4) is 0 Å². The van der Waals surface area contributed by atoms with Gasteiger partial charge in [-0.05, 0) is 25.4 Å². The molecule has 2 heteroatoms. The first-order chi connectivity index (χ1) is 7.27. The predicted molar refractivity (Wildman–Crippen MR) is 69.3 cm³/mol. The Labute approximate surface area is 96.2 Å². The van der Waals surface area contributed by atoms with Gasteiger partial charge >= 0.3 is 0 Å². The van der Waals surface area contributed by atoms with Crippen molar-refractivity contribution < 1.29 is 0 Å². The maximum atomic E-state index is 3.46. The highest BCUT2D eigenvalue weighted by atomic mass is 14.9. The van der Waals surface area contributed by atoms with E-state index in [-0.39, 0.29) is 0 Å². The Morgan fingerprint density at radius 2 is 1.47 bits per heavy atom. The summed E-state index contributed by atoms with van der Waals surface area (Å²) in [5, 5.41) is 6.77. The Morgan fingerprint density at radius 1 is 0.800 bits per heavy atom. The first kappa shape index (κ1) is 14.9. The van der Waals surface area contributed by atoms with Gasteiger partial charge in [0, 0.05) is 13.1 Å². The fraction of sp³-hybridized carbons (Fsp3) is 1.00. The number of nitrogens with one attached hydrogen (secondary N) is 2. The minimum Gasteiger partial charge on any atom is -0.316 e. The lowest BCUT2D eigenvalue weighted by Gasteiger charge is -2.06. The Morgan fingerprint density at radius 3 is 2.13 bits per heavy atom. The molecule has 0 spiro atoms. The molecule has 0 aromatic heterocycles. The summed E-state index contributed by atoms with van der Waals surface area (Å²) in [5.74, 6) is 0.878. The molecule has 15 heavy (non-hydrogen) atoms. The standard InChI is InChI=1S/C13H30N2/c1-4-14-11-12-15-10-8-6-5-7-9-13(2)3/h13-15H,4-12H2,1-3H3. The van der Waals surface area contributed by atoms with Crippen molar-refractivity contribution in [1.82, 2.24) is 10.6 Å². The smallest absolute Gasteiger partial charge is 0.00767 e. The molecule has 0 rings (SSSR count). The first-order valence-electron chi connectivity index (χ1n) is 6.68. The van der Waals surface area contributed by atoms with Crippen LogP contribution in [0.15, 0.2) is 0 Å². The minimum absolute atomic E-state index is 0.878. The van der Waals surface area contributed by atoms with Crippen LogP contribution in [0.25, 0.3) is 0 Å². The van der Waals surface area contributed by atoms with Crippen LogP contribution in [0.2, 0.25) is 0 Å².